The largest absolute Gasteiger partial charge is 0.322 e. The molecule has 2 aliphatic heterocycles. The minimum atomic E-state index is -0.588. The maximum atomic E-state index is 12.9. The number of amides is 3. The van der Waals surface area contributed by atoms with Crippen LogP contribution in [0.1, 0.15) is 73.7 Å². The first kappa shape index (κ1) is 23.2. The lowest BCUT2D eigenvalue weighted by atomic mass is 9.91. The second-order valence-corrected chi connectivity index (χ2v) is 10.2. The van der Waals surface area contributed by atoms with Crippen molar-refractivity contribution in [3.05, 3.63) is 29.3 Å². The van der Waals surface area contributed by atoms with Gasteiger partial charge in [-0.15, -0.1) is 11.8 Å². The summed E-state index contributed by atoms with van der Waals surface area (Å²) in [6, 6.07) is 5.62. The van der Waals surface area contributed by atoms with Crippen LogP contribution in [0.15, 0.2) is 23.1 Å². The molecule has 8 heteroatoms. The molecule has 4 rings (SSSR count). The molecule has 1 saturated carbocycles. The highest BCUT2D eigenvalue weighted by Gasteiger charge is 2.39. The SMILES string of the molecule is O=C1CCC(N2Cc3c(SCCCCCCCNC4CC(F)C4)cccc3C2=O)C(=O)N1. The Morgan fingerprint density at radius 1 is 1.09 bits per heavy atom. The minimum absolute atomic E-state index is 0.116. The van der Waals surface area contributed by atoms with Crippen LogP contribution < -0.4 is 10.6 Å². The van der Waals surface area contributed by atoms with Crippen molar-refractivity contribution >= 4 is 29.5 Å². The third-order valence-corrected chi connectivity index (χ3v) is 7.82. The van der Waals surface area contributed by atoms with E-state index in [4.69, 9.17) is 0 Å². The monoisotopic (exact) mass is 461 g/mol. The van der Waals surface area contributed by atoms with Gasteiger partial charge in [0, 0.05) is 29.5 Å². The van der Waals surface area contributed by atoms with Crippen LogP contribution in [0.2, 0.25) is 0 Å². The molecule has 1 atom stereocenters. The van der Waals surface area contributed by atoms with E-state index in [1.807, 2.05) is 12.1 Å². The fourth-order valence-corrected chi connectivity index (χ4v) is 5.75. The zero-order valence-electron chi connectivity index (χ0n) is 18.4. The lowest BCUT2D eigenvalue weighted by Crippen LogP contribution is -2.52. The van der Waals surface area contributed by atoms with Crippen LogP contribution in [0, 0.1) is 0 Å². The second kappa shape index (κ2) is 10.8. The standard InChI is InChI=1S/C24H32FN3O3S/c25-16-13-17(14-16)26-11-4-2-1-3-5-12-32-21-8-6-7-18-19(21)15-28(24(18)31)20-9-10-22(29)27-23(20)30/h6-8,16-17,20,26H,1-5,9-15H2,(H,27,29,30). The number of carbonyl (C=O) groups is 3. The molecule has 2 N–H and O–H groups in total. The molecule has 3 aliphatic rings. The number of nitrogens with one attached hydrogen (secondary N) is 2. The lowest BCUT2D eigenvalue weighted by molar-refractivity contribution is -0.136. The molecule has 1 unspecified atom stereocenters. The molecule has 3 amide bonds. The molecule has 0 spiro atoms. The van der Waals surface area contributed by atoms with Gasteiger partial charge in [-0.1, -0.05) is 25.3 Å². The van der Waals surface area contributed by atoms with E-state index in [2.05, 4.69) is 16.7 Å². The Kier molecular flexibility index (Phi) is 7.84. The van der Waals surface area contributed by atoms with E-state index in [1.165, 1.54) is 19.3 Å². The number of benzene rings is 1. The van der Waals surface area contributed by atoms with E-state index in [9.17, 15) is 18.8 Å². The fraction of sp³-hybridized carbons (Fsp3) is 0.625. The Morgan fingerprint density at radius 3 is 2.66 bits per heavy atom. The second-order valence-electron chi connectivity index (χ2n) is 9.02. The van der Waals surface area contributed by atoms with Crippen molar-refractivity contribution in [1.82, 2.24) is 15.5 Å². The van der Waals surface area contributed by atoms with Crippen molar-refractivity contribution in [3.8, 4) is 0 Å². The van der Waals surface area contributed by atoms with Crippen LogP contribution in [0.3, 0.4) is 0 Å². The number of imide groups is 1. The fourth-order valence-electron chi connectivity index (χ4n) is 4.65. The molecule has 2 heterocycles. The number of halogens is 1. The Morgan fingerprint density at radius 2 is 1.88 bits per heavy atom. The van der Waals surface area contributed by atoms with Crippen molar-refractivity contribution in [2.75, 3.05) is 12.3 Å². The van der Waals surface area contributed by atoms with Crippen LogP contribution in [-0.4, -0.2) is 53.2 Å². The van der Waals surface area contributed by atoms with Gasteiger partial charge in [0.25, 0.3) is 5.91 Å². The van der Waals surface area contributed by atoms with Gasteiger partial charge in [-0.2, -0.15) is 0 Å². The maximum absolute atomic E-state index is 12.9. The van der Waals surface area contributed by atoms with Crippen LogP contribution in [0.25, 0.3) is 0 Å². The maximum Gasteiger partial charge on any atom is 0.255 e. The summed E-state index contributed by atoms with van der Waals surface area (Å²) in [6.45, 7) is 1.42. The van der Waals surface area contributed by atoms with Gasteiger partial charge < -0.3 is 10.2 Å². The highest BCUT2D eigenvalue weighted by Crippen LogP contribution is 2.34. The summed E-state index contributed by atoms with van der Waals surface area (Å²) in [7, 11) is 0. The zero-order chi connectivity index (χ0) is 22.5. The van der Waals surface area contributed by atoms with Gasteiger partial charge in [-0.05, 0) is 62.1 Å². The Balaban J connectivity index is 1.17. The van der Waals surface area contributed by atoms with Crippen LogP contribution >= 0.6 is 11.8 Å². The molecule has 0 bridgehead atoms. The molecule has 2 fully saturated rings. The molecule has 32 heavy (non-hydrogen) atoms. The van der Waals surface area contributed by atoms with Crippen molar-refractivity contribution in [3.63, 3.8) is 0 Å². The molecular formula is C24H32FN3O3S. The Bertz CT molecular complexity index is 859. The molecule has 0 radical (unpaired) electrons. The summed E-state index contributed by atoms with van der Waals surface area (Å²) in [5.74, 6) is 0.248. The number of thioether (sulfide) groups is 1. The summed E-state index contributed by atoms with van der Waals surface area (Å²) < 4.78 is 12.8. The molecule has 0 aromatic heterocycles. The zero-order valence-corrected chi connectivity index (χ0v) is 19.2. The number of hydrogen-bond acceptors (Lipinski definition) is 5. The number of nitrogens with zero attached hydrogens (tertiary/aromatic N) is 1. The summed E-state index contributed by atoms with van der Waals surface area (Å²) >= 11 is 1.78. The quantitative estimate of drug-likeness (QED) is 0.299. The summed E-state index contributed by atoms with van der Waals surface area (Å²) in [5, 5.41) is 5.77. The third-order valence-electron chi connectivity index (χ3n) is 6.63. The average Bonchev–Trinajstić information content (AvgIpc) is 3.08. The van der Waals surface area contributed by atoms with Crippen molar-refractivity contribution < 1.29 is 18.8 Å². The summed E-state index contributed by atoms with van der Waals surface area (Å²) in [6.07, 6.45) is 7.27. The molecular weight excluding hydrogens is 429 g/mol. The van der Waals surface area contributed by atoms with E-state index in [0.29, 0.717) is 37.4 Å². The van der Waals surface area contributed by atoms with E-state index < -0.39 is 12.2 Å². The van der Waals surface area contributed by atoms with Gasteiger partial charge in [0.05, 0.1) is 0 Å². The number of carbonyl (C=O) groups excluding carboxylic acids is 3. The molecule has 6 nitrogen and oxygen atoms in total. The van der Waals surface area contributed by atoms with Gasteiger partial charge in [-0.25, -0.2) is 4.39 Å². The Hall–Kier alpha value is -1.93. The minimum Gasteiger partial charge on any atom is -0.322 e. The van der Waals surface area contributed by atoms with Crippen molar-refractivity contribution in [1.29, 1.82) is 0 Å². The first-order valence-electron chi connectivity index (χ1n) is 11.8. The highest BCUT2D eigenvalue weighted by atomic mass is 32.2. The van der Waals surface area contributed by atoms with E-state index in [-0.39, 0.29) is 24.1 Å². The van der Waals surface area contributed by atoms with Gasteiger partial charge in [0.15, 0.2) is 0 Å². The van der Waals surface area contributed by atoms with Gasteiger partial charge in [-0.3, -0.25) is 19.7 Å². The molecule has 1 saturated heterocycles. The van der Waals surface area contributed by atoms with Crippen molar-refractivity contribution in [2.45, 2.75) is 87.5 Å². The summed E-state index contributed by atoms with van der Waals surface area (Å²) in [4.78, 5) is 39.3. The number of rotatable bonds is 11. The van der Waals surface area contributed by atoms with E-state index in [1.54, 1.807) is 16.7 Å². The highest BCUT2D eigenvalue weighted by molar-refractivity contribution is 7.99. The lowest BCUT2D eigenvalue weighted by Gasteiger charge is -2.30. The topological polar surface area (TPSA) is 78.5 Å². The number of piperidine rings is 1. The Labute approximate surface area is 193 Å². The normalized spacial score (nSPS) is 25.0. The third kappa shape index (κ3) is 5.52. The predicted molar refractivity (Wildman–Crippen MR) is 122 cm³/mol. The smallest absolute Gasteiger partial charge is 0.255 e. The number of fused-ring (bicyclic) bond motifs is 1. The van der Waals surface area contributed by atoms with Crippen molar-refractivity contribution in [2.24, 2.45) is 0 Å². The predicted octanol–water partition coefficient (Wildman–Crippen LogP) is 3.58. The van der Waals surface area contributed by atoms with Crippen LogP contribution in [0.4, 0.5) is 4.39 Å². The summed E-state index contributed by atoms with van der Waals surface area (Å²) in [5.41, 5.74) is 1.68. The van der Waals surface area contributed by atoms with Gasteiger partial charge in [0.1, 0.15) is 12.2 Å². The number of hydrogen-bond donors (Lipinski definition) is 2. The molecule has 1 aromatic rings. The first-order valence-corrected chi connectivity index (χ1v) is 12.8. The van der Waals surface area contributed by atoms with E-state index in [0.717, 1.165) is 35.6 Å². The number of alkyl halides is 1. The first-order chi connectivity index (χ1) is 15.5. The number of unbranched alkanes of at least 4 members (excludes halogenated alkanes) is 4. The van der Waals surface area contributed by atoms with Gasteiger partial charge >= 0.3 is 0 Å². The van der Waals surface area contributed by atoms with Gasteiger partial charge in [0.2, 0.25) is 11.8 Å². The average molecular weight is 462 g/mol. The molecule has 1 aliphatic carbocycles. The van der Waals surface area contributed by atoms with Crippen LogP contribution in [0.5, 0.6) is 0 Å². The molecule has 174 valence electrons. The van der Waals surface area contributed by atoms with E-state index >= 15 is 0 Å². The van der Waals surface area contributed by atoms with Crippen LogP contribution in [-0.2, 0) is 16.1 Å². The molecule has 1 aromatic carbocycles.